The molecule has 0 amide bonds. The third-order valence-corrected chi connectivity index (χ3v) is 7.43. The van der Waals surface area contributed by atoms with Crippen molar-refractivity contribution in [3.63, 3.8) is 0 Å². The smallest absolute Gasteiger partial charge is 0.205 e. The summed E-state index contributed by atoms with van der Waals surface area (Å²) in [6, 6.07) is 26.6. The number of fused-ring (bicyclic) bond motifs is 1. The van der Waals surface area contributed by atoms with Crippen LogP contribution in [0.25, 0.3) is 0 Å². The van der Waals surface area contributed by atoms with Crippen molar-refractivity contribution >= 4 is 0 Å². The fourth-order valence-corrected chi connectivity index (χ4v) is 5.58. The Kier molecular flexibility index (Phi) is 8.02. The quantitative estimate of drug-likeness (QED) is 0.350. The molecule has 3 unspecified atom stereocenters. The van der Waals surface area contributed by atoms with Crippen LogP contribution in [0.5, 0.6) is 11.5 Å². The van der Waals surface area contributed by atoms with Crippen LogP contribution in [0.4, 0.5) is 0 Å². The molecule has 1 saturated heterocycles. The van der Waals surface area contributed by atoms with Gasteiger partial charge in [-0.15, -0.1) is 0 Å². The largest absolute Gasteiger partial charge is 0.494 e. The molecule has 35 heavy (non-hydrogen) atoms. The van der Waals surface area contributed by atoms with Crippen molar-refractivity contribution in [2.24, 2.45) is 0 Å². The summed E-state index contributed by atoms with van der Waals surface area (Å²) in [4.78, 5) is 2.59. The maximum Gasteiger partial charge on any atom is 0.205 e. The summed E-state index contributed by atoms with van der Waals surface area (Å²) in [5.41, 5.74) is 3.33. The monoisotopic (exact) mass is 471 g/mol. The number of benzene rings is 3. The van der Waals surface area contributed by atoms with Gasteiger partial charge in [-0.05, 0) is 74.6 Å². The minimum atomic E-state index is -0.904. The SMILES string of the molecule is OC1Oc2ccccc2C(c2ccc(OCCCCCCN3CCCC3)cc2)C1c1ccccc1. The van der Waals surface area contributed by atoms with Crippen molar-refractivity contribution < 1.29 is 14.6 Å². The van der Waals surface area contributed by atoms with E-state index in [0.29, 0.717) is 0 Å². The normalized spacial score (nSPS) is 21.9. The van der Waals surface area contributed by atoms with Gasteiger partial charge in [0.1, 0.15) is 11.5 Å². The topological polar surface area (TPSA) is 41.9 Å². The highest BCUT2D eigenvalue weighted by molar-refractivity contribution is 5.48. The molecule has 184 valence electrons. The van der Waals surface area contributed by atoms with Crippen LogP contribution in [0.3, 0.4) is 0 Å². The van der Waals surface area contributed by atoms with Gasteiger partial charge in [0.2, 0.25) is 6.29 Å². The van der Waals surface area contributed by atoms with E-state index < -0.39 is 6.29 Å². The Labute approximate surface area is 209 Å². The zero-order valence-electron chi connectivity index (χ0n) is 20.5. The number of nitrogens with zero attached hydrogens (tertiary/aromatic N) is 1. The number of hydrogen-bond acceptors (Lipinski definition) is 4. The summed E-state index contributed by atoms with van der Waals surface area (Å²) < 4.78 is 12.0. The lowest BCUT2D eigenvalue weighted by atomic mass is 9.75. The van der Waals surface area contributed by atoms with Crippen molar-refractivity contribution in [2.45, 2.75) is 56.7 Å². The van der Waals surface area contributed by atoms with Crippen molar-refractivity contribution in [3.8, 4) is 11.5 Å². The fraction of sp³-hybridized carbons (Fsp3) is 0.419. The first-order chi connectivity index (χ1) is 17.3. The molecule has 0 spiro atoms. The van der Waals surface area contributed by atoms with E-state index in [9.17, 15) is 5.11 Å². The summed E-state index contributed by atoms with van der Waals surface area (Å²) >= 11 is 0. The molecule has 2 aliphatic heterocycles. The lowest BCUT2D eigenvalue weighted by Gasteiger charge is -2.37. The van der Waals surface area contributed by atoms with Crippen LogP contribution >= 0.6 is 0 Å². The Morgan fingerprint density at radius 1 is 0.771 bits per heavy atom. The molecular formula is C31H37NO3. The molecule has 2 heterocycles. The van der Waals surface area contributed by atoms with Crippen LogP contribution in [-0.4, -0.2) is 42.5 Å². The van der Waals surface area contributed by atoms with E-state index in [1.165, 1.54) is 51.7 Å². The predicted molar refractivity (Wildman–Crippen MR) is 140 cm³/mol. The second-order valence-corrected chi connectivity index (χ2v) is 9.84. The zero-order valence-corrected chi connectivity index (χ0v) is 20.5. The van der Waals surface area contributed by atoms with Crippen LogP contribution in [-0.2, 0) is 0 Å². The van der Waals surface area contributed by atoms with Gasteiger partial charge in [-0.1, -0.05) is 73.5 Å². The Balaban J connectivity index is 1.20. The van der Waals surface area contributed by atoms with Gasteiger partial charge < -0.3 is 19.5 Å². The number of ether oxygens (including phenoxy) is 2. The minimum Gasteiger partial charge on any atom is -0.494 e. The lowest BCUT2D eigenvalue weighted by Crippen LogP contribution is -2.34. The van der Waals surface area contributed by atoms with E-state index in [4.69, 9.17) is 9.47 Å². The van der Waals surface area contributed by atoms with Gasteiger partial charge in [-0.25, -0.2) is 0 Å². The summed E-state index contributed by atoms with van der Waals surface area (Å²) in [6.45, 7) is 4.61. The Morgan fingerprint density at radius 2 is 1.49 bits per heavy atom. The van der Waals surface area contributed by atoms with Gasteiger partial charge in [-0.3, -0.25) is 0 Å². The number of aliphatic hydroxyl groups is 1. The van der Waals surface area contributed by atoms with Gasteiger partial charge >= 0.3 is 0 Å². The van der Waals surface area contributed by atoms with E-state index in [2.05, 4.69) is 47.4 Å². The Morgan fingerprint density at radius 3 is 2.29 bits per heavy atom. The molecule has 2 aliphatic rings. The highest BCUT2D eigenvalue weighted by Crippen LogP contribution is 2.48. The highest BCUT2D eigenvalue weighted by atomic mass is 16.6. The molecule has 3 atom stereocenters. The van der Waals surface area contributed by atoms with E-state index >= 15 is 0 Å². The number of likely N-dealkylation sites (tertiary alicyclic amines) is 1. The first kappa shape index (κ1) is 23.9. The van der Waals surface area contributed by atoms with Crippen LogP contribution in [0.1, 0.15) is 67.1 Å². The Hall–Kier alpha value is -2.82. The first-order valence-corrected chi connectivity index (χ1v) is 13.2. The van der Waals surface area contributed by atoms with Crippen LogP contribution < -0.4 is 9.47 Å². The summed E-state index contributed by atoms with van der Waals surface area (Å²) in [7, 11) is 0. The number of para-hydroxylation sites is 1. The van der Waals surface area contributed by atoms with Crippen LogP contribution in [0.2, 0.25) is 0 Å². The summed E-state index contributed by atoms with van der Waals surface area (Å²) in [5, 5.41) is 11.0. The average Bonchev–Trinajstić information content (AvgIpc) is 3.42. The van der Waals surface area contributed by atoms with E-state index in [1.807, 2.05) is 36.4 Å². The van der Waals surface area contributed by atoms with Crippen LogP contribution in [0, 0.1) is 0 Å². The highest BCUT2D eigenvalue weighted by Gasteiger charge is 2.39. The Bertz CT molecular complexity index is 1050. The molecule has 5 rings (SSSR count). The van der Waals surface area contributed by atoms with Gasteiger partial charge in [0.05, 0.1) is 12.5 Å². The predicted octanol–water partition coefficient (Wildman–Crippen LogP) is 6.35. The molecule has 3 aromatic rings. The van der Waals surface area contributed by atoms with Gasteiger partial charge in [0.25, 0.3) is 0 Å². The molecule has 0 radical (unpaired) electrons. The maximum atomic E-state index is 11.0. The van der Waals surface area contributed by atoms with E-state index in [0.717, 1.165) is 41.2 Å². The maximum absolute atomic E-state index is 11.0. The lowest BCUT2D eigenvalue weighted by molar-refractivity contribution is -0.0530. The van der Waals surface area contributed by atoms with Crippen LogP contribution in [0.15, 0.2) is 78.9 Å². The second-order valence-electron chi connectivity index (χ2n) is 9.84. The molecule has 0 aromatic heterocycles. The third kappa shape index (κ3) is 5.88. The van der Waals surface area contributed by atoms with Gasteiger partial charge in [0.15, 0.2) is 0 Å². The molecule has 0 bridgehead atoms. The van der Waals surface area contributed by atoms with Gasteiger partial charge in [0, 0.05) is 11.5 Å². The molecule has 1 N–H and O–H groups in total. The number of rotatable bonds is 10. The molecule has 4 heteroatoms. The minimum absolute atomic E-state index is 0.00186. The molecule has 1 fully saturated rings. The van der Waals surface area contributed by atoms with E-state index in [1.54, 1.807) is 0 Å². The zero-order chi connectivity index (χ0) is 23.9. The van der Waals surface area contributed by atoms with Gasteiger partial charge in [-0.2, -0.15) is 0 Å². The second kappa shape index (κ2) is 11.7. The molecular weight excluding hydrogens is 434 g/mol. The molecule has 0 saturated carbocycles. The standard InChI is InChI=1S/C31H37NO3/c33-31-30(24-12-4-3-5-13-24)29(27-14-6-7-15-28(27)35-31)25-16-18-26(19-17-25)34-23-11-2-1-8-20-32-21-9-10-22-32/h3-7,12-19,29-31,33H,1-2,8-11,20-23H2. The van der Waals surface area contributed by atoms with Crippen molar-refractivity contribution in [3.05, 3.63) is 95.6 Å². The van der Waals surface area contributed by atoms with E-state index in [-0.39, 0.29) is 11.8 Å². The number of unbranched alkanes of at least 4 members (excludes halogenated alkanes) is 3. The first-order valence-electron chi connectivity index (χ1n) is 13.2. The molecule has 3 aromatic carbocycles. The summed E-state index contributed by atoms with van der Waals surface area (Å²) in [5.74, 6) is 1.48. The fourth-order valence-electron chi connectivity index (χ4n) is 5.58. The average molecular weight is 472 g/mol. The van der Waals surface area contributed by atoms with Crippen molar-refractivity contribution in [1.82, 2.24) is 4.90 Å². The third-order valence-electron chi connectivity index (χ3n) is 7.43. The summed E-state index contributed by atoms with van der Waals surface area (Å²) in [6.07, 6.45) is 6.75. The molecule has 0 aliphatic carbocycles. The molecule has 4 nitrogen and oxygen atoms in total. The van der Waals surface area contributed by atoms with Crippen molar-refractivity contribution in [2.75, 3.05) is 26.2 Å². The van der Waals surface area contributed by atoms with Crippen molar-refractivity contribution in [1.29, 1.82) is 0 Å². The number of hydrogen-bond donors (Lipinski definition) is 1. The number of aliphatic hydroxyl groups excluding tert-OH is 1.